The van der Waals surface area contributed by atoms with E-state index in [4.69, 9.17) is 9.47 Å². The van der Waals surface area contributed by atoms with E-state index in [1.807, 2.05) is 36.1 Å². The number of benzene rings is 1. The van der Waals surface area contributed by atoms with Gasteiger partial charge in [-0.2, -0.15) is 0 Å². The van der Waals surface area contributed by atoms with Crippen molar-refractivity contribution < 1.29 is 18.3 Å². The van der Waals surface area contributed by atoms with Gasteiger partial charge in [0.25, 0.3) is 5.92 Å². The molecule has 2 aliphatic heterocycles. The number of aromatic nitrogens is 2. The molecule has 6 nitrogen and oxygen atoms in total. The van der Waals surface area contributed by atoms with Crippen molar-refractivity contribution in [3.63, 3.8) is 0 Å². The van der Waals surface area contributed by atoms with Gasteiger partial charge in [0, 0.05) is 44.7 Å². The number of piperidine rings is 1. The van der Waals surface area contributed by atoms with Crippen LogP contribution in [0.1, 0.15) is 36.6 Å². The van der Waals surface area contributed by atoms with Gasteiger partial charge in [-0.25, -0.2) is 18.7 Å². The molecule has 0 amide bonds. The zero-order valence-corrected chi connectivity index (χ0v) is 16.6. The first kappa shape index (κ1) is 19.7. The molecule has 2 aromatic rings. The monoisotopic (exact) mass is 402 g/mol. The van der Waals surface area contributed by atoms with Crippen LogP contribution < -0.4 is 9.64 Å². The number of nitrogens with zero attached hydrogens (tertiary/aromatic N) is 4. The van der Waals surface area contributed by atoms with Gasteiger partial charge in [-0.05, 0) is 24.6 Å². The molecule has 1 fully saturated rings. The van der Waals surface area contributed by atoms with Crippen LogP contribution >= 0.6 is 0 Å². The number of anilines is 1. The summed E-state index contributed by atoms with van der Waals surface area (Å²) in [6.45, 7) is 3.59. The third kappa shape index (κ3) is 4.37. The number of fused-ring (bicyclic) bond motifs is 1. The summed E-state index contributed by atoms with van der Waals surface area (Å²) >= 11 is 0. The third-order valence-corrected chi connectivity index (χ3v) is 5.20. The highest BCUT2D eigenvalue weighted by Crippen LogP contribution is 2.31. The maximum atomic E-state index is 13.5. The summed E-state index contributed by atoms with van der Waals surface area (Å²) in [6, 6.07) is 7.74. The lowest BCUT2D eigenvalue weighted by molar-refractivity contribution is -0.0221. The Bertz CT molecular complexity index is 909. The molecule has 0 radical (unpaired) electrons. The van der Waals surface area contributed by atoms with E-state index in [2.05, 4.69) is 15.0 Å². The molecule has 1 saturated heterocycles. The maximum absolute atomic E-state index is 13.5. The van der Waals surface area contributed by atoms with Gasteiger partial charge in [-0.15, -0.1) is 0 Å². The Morgan fingerprint density at radius 2 is 1.97 bits per heavy atom. The lowest BCUT2D eigenvalue weighted by Gasteiger charge is -2.32. The summed E-state index contributed by atoms with van der Waals surface area (Å²) in [5, 5.41) is 0. The number of halogens is 2. The Balaban J connectivity index is 1.55. The van der Waals surface area contributed by atoms with Gasteiger partial charge in [-0.3, -0.25) is 4.99 Å². The SMILES string of the molecule is COC[C@H](C)Oc1ccc2c(c1)C(c1cc(N3CCC(F)(F)CC3)ncn1)=NC2. The molecular formula is C21H24F2N4O2. The van der Waals surface area contributed by atoms with Crippen molar-refractivity contribution in [1.82, 2.24) is 9.97 Å². The Morgan fingerprint density at radius 3 is 2.72 bits per heavy atom. The third-order valence-electron chi connectivity index (χ3n) is 5.20. The Labute approximate surface area is 168 Å². The lowest BCUT2D eigenvalue weighted by Crippen LogP contribution is -2.39. The average molecular weight is 402 g/mol. The summed E-state index contributed by atoms with van der Waals surface area (Å²) in [5.74, 6) is -1.18. The molecule has 1 aromatic carbocycles. The van der Waals surface area contributed by atoms with Crippen molar-refractivity contribution in [1.29, 1.82) is 0 Å². The molecule has 0 aliphatic carbocycles. The minimum absolute atomic E-state index is 0.0669. The number of aliphatic imine (C=N–C) groups is 1. The topological polar surface area (TPSA) is 59.8 Å². The second-order valence-electron chi connectivity index (χ2n) is 7.47. The van der Waals surface area contributed by atoms with Crippen LogP contribution in [0.3, 0.4) is 0 Å². The van der Waals surface area contributed by atoms with E-state index in [0.717, 1.165) is 22.6 Å². The van der Waals surface area contributed by atoms with E-state index in [1.165, 1.54) is 6.33 Å². The van der Waals surface area contributed by atoms with Crippen molar-refractivity contribution in [3.05, 3.63) is 47.4 Å². The van der Waals surface area contributed by atoms with Crippen molar-refractivity contribution in [2.45, 2.75) is 38.3 Å². The number of hydrogen-bond acceptors (Lipinski definition) is 6. The highest BCUT2D eigenvalue weighted by molar-refractivity contribution is 6.14. The Kier molecular flexibility index (Phi) is 5.45. The summed E-state index contributed by atoms with van der Waals surface area (Å²) < 4.78 is 38.0. The fourth-order valence-electron chi connectivity index (χ4n) is 3.67. The largest absolute Gasteiger partial charge is 0.488 e. The molecule has 4 rings (SSSR count). The van der Waals surface area contributed by atoms with E-state index in [-0.39, 0.29) is 32.0 Å². The second-order valence-corrected chi connectivity index (χ2v) is 7.47. The molecular weight excluding hydrogens is 378 g/mol. The molecule has 2 aliphatic rings. The fourth-order valence-corrected chi connectivity index (χ4v) is 3.67. The van der Waals surface area contributed by atoms with Gasteiger partial charge >= 0.3 is 0 Å². The molecule has 0 spiro atoms. The number of rotatable bonds is 6. The number of alkyl halides is 2. The molecule has 0 unspecified atom stereocenters. The normalized spacial score (nSPS) is 18.9. The van der Waals surface area contributed by atoms with Crippen molar-refractivity contribution >= 4 is 11.5 Å². The summed E-state index contributed by atoms with van der Waals surface area (Å²) in [5.41, 5.74) is 3.54. The maximum Gasteiger partial charge on any atom is 0.251 e. The minimum atomic E-state index is -2.59. The first-order valence-corrected chi connectivity index (χ1v) is 9.74. The van der Waals surface area contributed by atoms with E-state index >= 15 is 0 Å². The van der Waals surface area contributed by atoms with Crippen LogP contribution in [0.25, 0.3) is 0 Å². The summed E-state index contributed by atoms with van der Waals surface area (Å²) in [6.07, 6.45) is 1.09. The van der Waals surface area contributed by atoms with Crippen LogP contribution in [0.4, 0.5) is 14.6 Å². The Hall–Kier alpha value is -2.61. The molecule has 0 saturated carbocycles. The summed E-state index contributed by atoms with van der Waals surface area (Å²) in [7, 11) is 1.64. The van der Waals surface area contributed by atoms with Gasteiger partial charge in [-0.1, -0.05) is 6.07 Å². The van der Waals surface area contributed by atoms with E-state index in [9.17, 15) is 8.78 Å². The van der Waals surface area contributed by atoms with Crippen LogP contribution in [-0.4, -0.2) is 54.5 Å². The van der Waals surface area contributed by atoms with Gasteiger partial charge in [0.1, 0.15) is 24.0 Å². The van der Waals surface area contributed by atoms with Crippen LogP contribution in [0, 0.1) is 0 Å². The van der Waals surface area contributed by atoms with Gasteiger partial charge in [0.2, 0.25) is 0 Å². The second kappa shape index (κ2) is 8.02. The summed E-state index contributed by atoms with van der Waals surface area (Å²) in [4.78, 5) is 15.2. The van der Waals surface area contributed by atoms with Gasteiger partial charge in [0.05, 0.1) is 24.6 Å². The predicted octanol–water partition coefficient (Wildman–Crippen LogP) is 3.48. The number of ether oxygens (including phenoxy) is 2. The molecule has 1 atom stereocenters. The molecule has 3 heterocycles. The quantitative estimate of drug-likeness (QED) is 0.741. The van der Waals surface area contributed by atoms with Crippen LogP contribution in [0.2, 0.25) is 0 Å². The van der Waals surface area contributed by atoms with Crippen molar-refractivity contribution in [2.24, 2.45) is 4.99 Å². The first-order chi connectivity index (χ1) is 13.9. The smallest absolute Gasteiger partial charge is 0.251 e. The van der Waals surface area contributed by atoms with Gasteiger partial charge < -0.3 is 14.4 Å². The lowest BCUT2D eigenvalue weighted by atomic mass is 10.0. The van der Waals surface area contributed by atoms with Crippen molar-refractivity contribution in [2.75, 3.05) is 31.7 Å². The Morgan fingerprint density at radius 1 is 1.17 bits per heavy atom. The van der Waals surface area contributed by atoms with E-state index < -0.39 is 5.92 Å². The number of methoxy groups -OCH3 is 1. The van der Waals surface area contributed by atoms with Gasteiger partial charge in [0.15, 0.2) is 0 Å². The van der Waals surface area contributed by atoms with Crippen LogP contribution in [-0.2, 0) is 11.3 Å². The zero-order chi connectivity index (χ0) is 20.4. The molecule has 0 bridgehead atoms. The molecule has 1 aromatic heterocycles. The van der Waals surface area contributed by atoms with Crippen molar-refractivity contribution in [3.8, 4) is 5.75 Å². The first-order valence-electron chi connectivity index (χ1n) is 9.74. The fraction of sp³-hybridized carbons (Fsp3) is 0.476. The number of hydrogen-bond donors (Lipinski definition) is 0. The highest BCUT2D eigenvalue weighted by Gasteiger charge is 2.34. The zero-order valence-electron chi connectivity index (χ0n) is 16.6. The average Bonchev–Trinajstić information content (AvgIpc) is 3.11. The highest BCUT2D eigenvalue weighted by atomic mass is 19.3. The van der Waals surface area contributed by atoms with Crippen LogP contribution in [0.15, 0.2) is 35.6 Å². The van der Waals surface area contributed by atoms with E-state index in [0.29, 0.717) is 24.7 Å². The van der Waals surface area contributed by atoms with Crippen LogP contribution in [0.5, 0.6) is 5.75 Å². The molecule has 8 heteroatoms. The molecule has 0 N–H and O–H groups in total. The minimum Gasteiger partial charge on any atom is -0.488 e. The molecule has 154 valence electrons. The van der Waals surface area contributed by atoms with E-state index in [1.54, 1.807) is 7.11 Å². The standard InChI is InChI=1S/C21H24F2N4O2/c1-14(12-28-2)29-16-4-3-15-11-24-20(17(15)9-16)18-10-19(26-13-25-18)27-7-5-21(22,23)6-8-27/h3-4,9-10,13-14H,5-8,11-12H2,1-2H3/t14-/m0/s1. The predicted molar refractivity (Wildman–Crippen MR) is 106 cm³/mol. The molecule has 29 heavy (non-hydrogen) atoms.